The van der Waals surface area contributed by atoms with Crippen molar-refractivity contribution < 1.29 is 28.6 Å². The Labute approximate surface area is 257 Å². The number of benzene rings is 3. The minimum Gasteiger partial charge on any atom is -0.493 e. The van der Waals surface area contributed by atoms with Gasteiger partial charge in [0.2, 0.25) is 11.8 Å². The van der Waals surface area contributed by atoms with E-state index in [0.717, 1.165) is 29.5 Å². The van der Waals surface area contributed by atoms with Crippen LogP contribution in [0.2, 0.25) is 0 Å². The molecular weight excluding hydrogens is 558 g/mol. The molecule has 0 unspecified atom stereocenters. The zero-order valence-electron chi connectivity index (χ0n) is 25.1. The molecule has 44 heavy (non-hydrogen) atoms. The Morgan fingerprint density at radius 3 is 2.66 bits per heavy atom. The molecule has 230 valence electrons. The lowest BCUT2D eigenvalue weighted by Gasteiger charge is -2.39. The van der Waals surface area contributed by atoms with Crippen LogP contribution in [0.15, 0.2) is 66.7 Å². The van der Waals surface area contributed by atoms with E-state index in [-0.39, 0.29) is 42.8 Å². The zero-order valence-corrected chi connectivity index (χ0v) is 25.1. The van der Waals surface area contributed by atoms with Crippen LogP contribution in [0.5, 0.6) is 17.2 Å². The van der Waals surface area contributed by atoms with Crippen LogP contribution in [0.25, 0.3) is 0 Å². The first kappa shape index (κ1) is 29.7. The van der Waals surface area contributed by atoms with Gasteiger partial charge in [-0.1, -0.05) is 42.0 Å². The number of likely N-dealkylation sites (tertiary alicyclic amines) is 1. The van der Waals surface area contributed by atoms with E-state index in [1.54, 1.807) is 23.1 Å². The Kier molecular flexibility index (Phi) is 9.12. The summed E-state index contributed by atoms with van der Waals surface area (Å²) in [7, 11) is 0. The van der Waals surface area contributed by atoms with E-state index in [0.29, 0.717) is 67.9 Å². The van der Waals surface area contributed by atoms with Gasteiger partial charge >= 0.3 is 0 Å². The Bertz CT molecular complexity index is 1500. The van der Waals surface area contributed by atoms with Crippen molar-refractivity contribution in [2.45, 2.75) is 57.8 Å². The first-order chi connectivity index (χ1) is 21.4. The van der Waals surface area contributed by atoms with E-state index in [2.05, 4.69) is 10.6 Å². The fourth-order valence-corrected chi connectivity index (χ4v) is 5.54. The van der Waals surface area contributed by atoms with Gasteiger partial charge in [0.1, 0.15) is 17.2 Å². The molecule has 1 aliphatic carbocycles. The van der Waals surface area contributed by atoms with Crippen LogP contribution in [0.4, 0.5) is 0 Å². The number of amides is 3. The number of aryl methyl sites for hydroxylation is 1. The monoisotopic (exact) mass is 597 g/mol. The molecule has 2 atom stereocenters. The predicted octanol–water partition coefficient (Wildman–Crippen LogP) is 4.55. The number of rotatable bonds is 5. The second kappa shape index (κ2) is 13.5. The van der Waals surface area contributed by atoms with Gasteiger partial charge in [0.05, 0.1) is 31.8 Å². The lowest BCUT2D eigenvalue weighted by atomic mass is 10.00. The topological polar surface area (TPSA) is 106 Å². The minimum absolute atomic E-state index is 0.0179. The molecule has 0 spiro atoms. The Morgan fingerprint density at radius 2 is 1.84 bits per heavy atom. The maximum Gasteiger partial charge on any atom is 0.251 e. The summed E-state index contributed by atoms with van der Waals surface area (Å²) < 4.78 is 18.5. The Balaban J connectivity index is 1.18. The average Bonchev–Trinajstić information content (AvgIpc) is 3.85. The van der Waals surface area contributed by atoms with Crippen molar-refractivity contribution >= 4 is 17.7 Å². The van der Waals surface area contributed by atoms with E-state index in [4.69, 9.17) is 14.2 Å². The first-order valence-corrected chi connectivity index (χ1v) is 15.4. The third-order valence-corrected chi connectivity index (χ3v) is 8.29. The van der Waals surface area contributed by atoms with Crippen molar-refractivity contribution in [3.63, 3.8) is 0 Å². The van der Waals surface area contributed by atoms with Crippen molar-refractivity contribution in [1.82, 2.24) is 15.5 Å². The van der Waals surface area contributed by atoms with Crippen LogP contribution in [0.3, 0.4) is 0 Å². The van der Waals surface area contributed by atoms with Crippen LogP contribution in [-0.4, -0.2) is 61.0 Å². The predicted molar refractivity (Wildman–Crippen MR) is 165 cm³/mol. The number of nitrogens with zero attached hydrogens (tertiary/aromatic N) is 1. The number of carbonyl (C=O) groups is 3. The van der Waals surface area contributed by atoms with Crippen LogP contribution >= 0.6 is 0 Å². The van der Waals surface area contributed by atoms with Gasteiger partial charge in [0.15, 0.2) is 0 Å². The second-order valence-corrected chi connectivity index (χ2v) is 12.0. The number of nitrogens with one attached hydrogen (secondary N) is 2. The van der Waals surface area contributed by atoms with Crippen molar-refractivity contribution in [2.75, 3.05) is 26.2 Å². The molecule has 1 saturated carbocycles. The van der Waals surface area contributed by atoms with Gasteiger partial charge in [-0.3, -0.25) is 14.4 Å². The molecule has 9 nitrogen and oxygen atoms in total. The summed E-state index contributed by atoms with van der Waals surface area (Å²) in [6, 6.07) is 20.4. The average molecular weight is 598 g/mol. The molecule has 9 heteroatoms. The van der Waals surface area contributed by atoms with Crippen LogP contribution < -0.4 is 20.1 Å². The fraction of sp³-hybridized carbons (Fsp3) is 0.400. The summed E-state index contributed by atoms with van der Waals surface area (Å²) in [5.74, 6) is 1.72. The normalized spacial score (nSPS) is 20.8. The van der Waals surface area contributed by atoms with E-state index < -0.39 is 0 Å². The van der Waals surface area contributed by atoms with Gasteiger partial charge in [-0.15, -0.1) is 0 Å². The molecule has 2 aliphatic heterocycles. The van der Waals surface area contributed by atoms with Crippen molar-refractivity contribution in [3.8, 4) is 17.2 Å². The molecule has 3 aliphatic rings. The Morgan fingerprint density at radius 1 is 1.00 bits per heavy atom. The molecule has 2 heterocycles. The highest BCUT2D eigenvalue weighted by atomic mass is 16.5. The number of piperidine rings is 1. The smallest absolute Gasteiger partial charge is 0.251 e. The first-order valence-electron chi connectivity index (χ1n) is 15.4. The summed E-state index contributed by atoms with van der Waals surface area (Å²) in [6.45, 7) is 4.00. The molecule has 4 bridgehead atoms. The molecule has 2 fully saturated rings. The highest BCUT2D eigenvalue weighted by Crippen LogP contribution is 2.32. The lowest BCUT2D eigenvalue weighted by molar-refractivity contribution is -0.136. The van der Waals surface area contributed by atoms with E-state index in [9.17, 15) is 14.4 Å². The van der Waals surface area contributed by atoms with Gasteiger partial charge < -0.3 is 29.7 Å². The van der Waals surface area contributed by atoms with Crippen LogP contribution in [-0.2, 0) is 27.4 Å². The van der Waals surface area contributed by atoms with Crippen molar-refractivity contribution in [2.24, 2.45) is 5.92 Å². The molecular formula is C35H39N3O6. The molecule has 6 rings (SSSR count). The summed E-state index contributed by atoms with van der Waals surface area (Å²) in [4.78, 5) is 41.2. The molecule has 3 aromatic carbocycles. The maximum absolute atomic E-state index is 13.2. The molecule has 3 aromatic rings. The van der Waals surface area contributed by atoms with Gasteiger partial charge in [-0.25, -0.2) is 0 Å². The molecule has 1 saturated heterocycles. The van der Waals surface area contributed by atoms with E-state index in [1.807, 2.05) is 55.5 Å². The molecule has 2 N–H and O–H groups in total. The number of hydrogen-bond donors (Lipinski definition) is 2. The zero-order chi connectivity index (χ0) is 30.5. The maximum atomic E-state index is 13.2. The standard InChI is InChI=1S/C35H39N3O6/c1-23-5-7-24(8-6-23)16-34(40)38-14-12-32-31(20-38)37-33(39)11-13-36-35(41)27-17-29(42-21-25-9-10-25)19-30(18-27)44-28-4-2-3-26(15-28)22-43-32/h2-8,15,17-19,25,31-32H,9-14,16,20-22H2,1H3,(H,36,41)(H,37,39)/t31-,32+/m0/s1. The number of fused-ring (bicyclic) bond motifs is 5. The highest BCUT2D eigenvalue weighted by Gasteiger charge is 2.33. The van der Waals surface area contributed by atoms with Gasteiger partial charge in [-0.2, -0.15) is 0 Å². The summed E-state index contributed by atoms with van der Waals surface area (Å²) in [6.07, 6.45) is 3.02. The molecule has 3 amide bonds. The summed E-state index contributed by atoms with van der Waals surface area (Å²) in [5, 5.41) is 5.93. The number of ether oxygens (including phenoxy) is 3. The van der Waals surface area contributed by atoms with E-state index >= 15 is 0 Å². The third-order valence-electron chi connectivity index (χ3n) is 8.29. The fourth-order valence-electron chi connectivity index (χ4n) is 5.54. The SMILES string of the molecule is Cc1ccc(CC(=O)N2CC[C@H]3OCc4cccc(c4)Oc4cc(OCC5CC5)cc(c4)C(=O)NCCC(=O)N[C@H]3C2)cc1. The third kappa shape index (κ3) is 7.96. The summed E-state index contributed by atoms with van der Waals surface area (Å²) >= 11 is 0. The van der Waals surface area contributed by atoms with Crippen LogP contribution in [0, 0.1) is 12.8 Å². The van der Waals surface area contributed by atoms with Crippen LogP contribution in [0.1, 0.15) is 52.7 Å². The second-order valence-electron chi connectivity index (χ2n) is 12.0. The minimum atomic E-state index is -0.384. The van der Waals surface area contributed by atoms with Gasteiger partial charge in [0.25, 0.3) is 5.91 Å². The van der Waals surface area contributed by atoms with Gasteiger partial charge in [-0.05, 0) is 67.5 Å². The van der Waals surface area contributed by atoms with Gasteiger partial charge in [0, 0.05) is 37.7 Å². The molecule has 0 aromatic heterocycles. The van der Waals surface area contributed by atoms with Crippen molar-refractivity contribution in [1.29, 1.82) is 0 Å². The lowest BCUT2D eigenvalue weighted by Crippen LogP contribution is -2.57. The Hall–Kier alpha value is -4.37. The van der Waals surface area contributed by atoms with E-state index in [1.165, 1.54) is 0 Å². The summed E-state index contributed by atoms with van der Waals surface area (Å²) in [5.41, 5.74) is 3.41. The highest BCUT2D eigenvalue weighted by molar-refractivity contribution is 5.95. The van der Waals surface area contributed by atoms with Crippen molar-refractivity contribution in [3.05, 3.63) is 89.0 Å². The number of hydrogen-bond acceptors (Lipinski definition) is 6. The quantitative estimate of drug-likeness (QED) is 0.447. The number of carbonyl (C=O) groups excluding carboxylic acids is 3. The largest absolute Gasteiger partial charge is 0.493 e. The molecule has 0 radical (unpaired) electrons.